The minimum absolute atomic E-state index is 0.120. The van der Waals surface area contributed by atoms with Crippen LogP contribution in [0.2, 0.25) is 0 Å². The number of nitrogens with zero attached hydrogens (tertiary/aromatic N) is 1. The van der Waals surface area contributed by atoms with Gasteiger partial charge in [-0.15, -0.1) is 0 Å². The summed E-state index contributed by atoms with van der Waals surface area (Å²) in [5, 5.41) is 2.72. The first-order valence-corrected chi connectivity index (χ1v) is 7.57. The Morgan fingerprint density at radius 2 is 1.52 bits per heavy atom. The standard InChI is InChI=1S/C19H18N2O2/c1-13(2)18(22)21-19-20-16(14-9-5-3-6-10-14)17(23-19)15-11-7-4-8-12-15/h3-13H,1-2H3,(H,20,21,22). The molecular formula is C19H18N2O2. The van der Waals surface area contributed by atoms with Crippen molar-refractivity contribution in [2.75, 3.05) is 5.32 Å². The predicted octanol–water partition coefficient (Wildman–Crippen LogP) is 4.60. The van der Waals surface area contributed by atoms with E-state index in [0.29, 0.717) is 5.76 Å². The molecule has 0 aliphatic heterocycles. The number of hydrogen-bond donors (Lipinski definition) is 1. The van der Waals surface area contributed by atoms with Crippen molar-refractivity contribution in [2.24, 2.45) is 5.92 Å². The van der Waals surface area contributed by atoms with Gasteiger partial charge in [0.05, 0.1) is 0 Å². The molecule has 0 spiro atoms. The van der Waals surface area contributed by atoms with Crippen LogP contribution in [0.4, 0.5) is 6.01 Å². The van der Waals surface area contributed by atoms with Gasteiger partial charge in [-0.1, -0.05) is 74.5 Å². The summed E-state index contributed by atoms with van der Waals surface area (Å²) in [5.74, 6) is 0.392. The van der Waals surface area contributed by atoms with E-state index >= 15 is 0 Å². The second-order valence-corrected chi connectivity index (χ2v) is 5.57. The summed E-state index contributed by atoms with van der Waals surface area (Å²) in [7, 11) is 0. The maximum Gasteiger partial charge on any atom is 0.302 e. The van der Waals surface area contributed by atoms with Crippen LogP contribution in [0.1, 0.15) is 13.8 Å². The third-order valence-corrected chi connectivity index (χ3v) is 3.46. The van der Waals surface area contributed by atoms with Gasteiger partial charge in [0.2, 0.25) is 5.91 Å². The molecule has 3 rings (SSSR count). The van der Waals surface area contributed by atoms with Gasteiger partial charge < -0.3 is 4.42 Å². The zero-order chi connectivity index (χ0) is 16.2. The Kier molecular flexibility index (Phi) is 4.24. The quantitative estimate of drug-likeness (QED) is 0.766. The lowest BCUT2D eigenvalue weighted by atomic mass is 10.1. The number of aromatic nitrogens is 1. The fraction of sp³-hybridized carbons (Fsp3) is 0.158. The predicted molar refractivity (Wildman–Crippen MR) is 90.8 cm³/mol. The summed E-state index contributed by atoms with van der Waals surface area (Å²) in [6.45, 7) is 3.66. The first kappa shape index (κ1) is 15.0. The van der Waals surface area contributed by atoms with Gasteiger partial charge >= 0.3 is 6.01 Å². The van der Waals surface area contributed by atoms with E-state index in [-0.39, 0.29) is 17.8 Å². The fourth-order valence-electron chi connectivity index (χ4n) is 2.20. The largest absolute Gasteiger partial charge is 0.423 e. The van der Waals surface area contributed by atoms with Crippen molar-refractivity contribution in [3.8, 4) is 22.6 Å². The molecule has 0 fully saturated rings. The molecule has 0 aliphatic rings. The molecule has 0 radical (unpaired) electrons. The third-order valence-electron chi connectivity index (χ3n) is 3.46. The van der Waals surface area contributed by atoms with E-state index in [0.717, 1.165) is 16.8 Å². The van der Waals surface area contributed by atoms with Crippen LogP contribution in [-0.4, -0.2) is 10.9 Å². The molecule has 4 heteroatoms. The van der Waals surface area contributed by atoms with E-state index in [1.807, 2.05) is 74.5 Å². The number of hydrogen-bond acceptors (Lipinski definition) is 3. The van der Waals surface area contributed by atoms with Gasteiger partial charge in [-0.25, -0.2) is 0 Å². The number of anilines is 1. The zero-order valence-corrected chi connectivity index (χ0v) is 13.1. The molecule has 0 saturated carbocycles. The van der Waals surface area contributed by atoms with Crippen LogP contribution < -0.4 is 5.32 Å². The van der Waals surface area contributed by atoms with E-state index in [4.69, 9.17) is 4.42 Å². The minimum Gasteiger partial charge on any atom is -0.423 e. The van der Waals surface area contributed by atoms with Crippen LogP contribution >= 0.6 is 0 Å². The molecule has 1 N–H and O–H groups in total. The van der Waals surface area contributed by atoms with Crippen LogP contribution in [0, 0.1) is 5.92 Å². The third kappa shape index (κ3) is 3.31. The fourth-order valence-corrected chi connectivity index (χ4v) is 2.20. The van der Waals surface area contributed by atoms with Crippen molar-refractivity contribution in [1.29, 1.82) is 0 Å². The minimum atomic E-state index is -0.137. The summed E-state index contributed by atoms with van der Waals surface area (Å²) in [5.41, 5.74) is 2.58. The topological polar surface area (TPSA) is 55.1 Å². The van der Waals surface area contributed by atoms with Crippen LogP contribution in [-0.2, 0) is 4.79 Å². The first-order chi connectivity index (χ1) is 11.1. The molecule has 3 aromatic rings. The molecule has 1 aromatic heterocycles. The highest BCUT2D eigenvalue weighted by Crippen LogP contribution is 2.34. The van der Waals surface area contributed by atoms with E-state index in [1.165, 1.54) is 0 Å². The second kappa shape index (κ2) is 6.48. The van der Waals surface area contributed by atoms with E-state index in [2.05, 4.69) is 10.3 Å². The molecule has 23 heavy (non-hydrogen) atoms. The van der Waals surface area contributed by atoms with Crippen molar-refractivity contribution in [3.05, 3.63) is 60.7 Å². The molecule has 0 atom stereocenters. The summed E-state index contributed by atoms with van der Waals surface area (Å²) in [6, 6.07) is 19.8. The summed E-state index contributed by atoms with van der Waals surface area (Å²) >= 11 is 0. The Morgan fingerprint density at radius 3 is 2.09 bits per heavy atom. The molecule has 0 saturated heterocycles. The Labute approximate surface area is 135 Å². The van der Waals surface area contributed by atoms with E-state index < -0.39 is 0 Å². The molecule has 0 bridgehead atoms. The highest BCUT2D eigenvalue weighted by atomic mass is 16.4. The van der Waals surface area contributed by atoms with Gasteiger partial charge in [0.25, 0.3) is 0 Å². The van der Waals surface area contributed by atoms with Crippen LogP contribution in [0.15, 0.2) is 65.1 Å². The smallest absolute Gasteiger partial charge is 0.302 e. The second-order valence-electron chi connectivity index (χ2n) is 5.57. The molecule has 116 valence electrons. The zero-order valence-electron chi connectivity index (χ0n) is 13.1. The first-order valence-electron chi connectivity index (χ1n) is 7.57. The molecule has 0 unspecified atom stereocenters. The lowest BCUT2D eigenvalue weighted by Crippen LogP contribution is -2.17. The van der Waals surface area contributed by atoms with Gasteiger partial charge in [0.1, 0.15) is 5.69 Å². The van der Waals surface area contributed by atoms with Gasteiger partial charge in [0.15, 0.2) is 5.76 Å². The summed E-state index contributed by atoms with van der Waals surface area (Å²) in [4.78, 5) is 16.4. The number of oxazole rings is 1. The number of rotatable bonds is 4. The molecule has 1 heterocycles. The number of benzene rings is 2. The number of amides is 1. The van der Waals surface area contributed by atoms with Crippen LogP contribution in [0.25, 0.3) is 22.6 Å². The van der Waals surface area contributed by atoms with E-state index in [9.17, 15) is 4.79 Å². The lowest BCUT2D eigenvalue weighted by molar-refractivity contribution is -0.119. The highest BCUT2D eigenvalue weighted by molar-refractivity contribution is 5.91. The van der Waals surface area contributed by atoms with Crippen LogP contribution in [0.5, 0.6) is 0 Å². The van der Waals surface area contributed by atoms with Gasteiger partial charge in [-0.3, -0.25) is 10.1 Å². The average molecular weight is 306 g/mol. The normalized spacial score (nSPS) is 10.7. The van der Waals surface area contributed by atoms with Crippen molar-refractivity contribution >= 4 is 11.9 Å². The number of nitrogens with one attached hydrogen (secondary N) is 1. The SMILES string of the molecule is CC(C)C(=O)Nc1nc(-c2ccccc2)c(-c2ccccc2)o1. The van der Waals surface area contributed by atoms with Crippen LogP contribution in [0.3, 0.4) is 0 Å². The highest BCUT2D eigenvalue weighted by Gasteiger charge is 2.18. The Hall–Kier alpha value is -2.88. The number of carbonyl (C=O) groups is 1. The van der Waals surface area contributed by atoms with Gasteiger partial charge in [-0.05, 0) is 0 Å². The summed E-state index contributed by atoms with van der Waals surface area (Å²) in [6.07, 6.45) is 0. The van der Waals surface area contributed by atoms with Gasteiger partial charge in [-0.2, -0.15) is 4.98 Å². The molecule has 1 amide bonds. The van der Waals surface area contributed by atoms with Crippen molar-refractivity contribution in [1.82, 2.24) is 4.98 Å². The molecular weight excluding hydrogens is 288 g/mol. The number of carbonyl (C=O) groups excluding carboxylic acids is 1. The molecule has 4 nitrogen and oxygen atoms in total. The average Bonchev–Trinajstić information content (AvgIpc) is 3.00. The maximum absolute atomic E-state index is 11.9. The van der Waals surface area contributed by atoms with E-state index in [1.54, 1.807) is 0 Å². The van der Waals surface area contributed by atoms with Gasteiger partial charge in [0, 0.05) is 17.0 Å². The Morgan fingerprint density at radius 1 is 0.957 bits per heavy atom. The molecule has 0 aliphatic carbocycles. The van der Waals surface area contributed by atoms with Crippen molar-refractivity contribution in [2.45, 2.75) is 13.8 Å². The van der Waals surface area contributed by atoms with Crippen molar-refractivity contribution < 1.29 is 9.21 Å². The molecule has 2 aromatic carbocycles. The van der Waals surface area contributed by atoms with Crippen molar-refractivity contribution in [3.63, 3.8) is 0 Å². The monoisotopic (exact) mass is 306 g/mol. The Balaban J connectivity index is 2.06. The maximum atomic E-state index is 11.9. The Bertz CT molecular complexity index is 736. The summed E-state index contributed by atoms with van der Waals surface area (Å²) < 4.78 is 5.83. The lowest BCUT2D eigenvalue weighted by Gasteiger charge is -2.02.